The largest absolute Gasteiger partial charge is 0.416 e. The first kappa shape index (κ1) is 21.3. The lowest BCUT2D eigenvalue weighted by Crippen LogP contribution is -2.28. The molecule has 2 N–H and O–H groups in total. The molecule has 1 aliphatic heterocycles. The summed E-state index contributed by atoms with van der Waals surface area (Å²) in [6.45, 7) is 2.01. The van der Waals surface area contributed by atoms with Gasteiger partial charge in [-0.2, -0.15) is 13.2 Å². The van der Waals surface area contributed by atoms with Crippen molar-refractivity contribution in [3.63, 3.8) is 0 Å². The Kier molecular flexibility index (Phi) is 5.23. The fraction of sp³-hybridized carbons (Fsp3) is 0.222. The van der Waals surface area contributed by atoms with Gasteiger partial charge in [-0.3, -0.25) is 4.79 Å². The molecule has 0 fully saturated rings. The molecule has 0 spiro atoms. The molecule has 1 heterocycles. The summed E-state index contributed by atoms with van der Waals surface area (Å²) < 4.78 is 41.7. The van der Waals surface area contributed by atoms with Crippen molar-refractivity contribution in [2.45, 2.75) is 37.9 Å². The molecule has 168 valence electrons. The fourth-order valence-corrected chi connectivity index (χ4v) is 4.81. The highest BCUT2D eigenvalue weighted by atomic mass is 19.4. The number of carbonyl (C=O) groups excluding carboxylic acids is 1. The summed E-state index contributed by atoms with van der Waals surface area (Å²) >= 11 is 0. The average molecular weight is 448 g/mol. The molecule has 0 radical (unpaired) electrons. The van der Waals surface area contributed by atoms with Crippen LogP contribution in [0.25, 0.3) is 0 Å². The van der Waals surface area contributed by atoms with Crippen LogP contribution in [-0.4, -0.2) is 5.78 Å². The average Bonchev–Trinajstić information content (AvgIpc) is 2.96. The van der Waals surface area contributed by atoms with E-state index in [1.54, 1.807) is 6.07 Å². The van der Waals surface area contributed by atoms with Gasteiger partial charge >= 0.3 is 6.18 Å². The zero-order valence-corrected chi connectivity index (χ0v) is 18.0. The predicted octanol–water partition coefficient (Wildman–Crippen LogP) is 6.99. The number of para-hydroxylation sites is 2. The van der Waals surface area contributed by atoms with Crippen molar-refractivity contribution in [1.29, 1.82) is 0 Å². The minimum absolute atomic E-state index is 0.0341. The Bertz CT molecular complexity index is 1240. The van der Waals surface area contributed by atoms with Crippen LogP contribution in [0.3, 0.4) is 0 Å². The summed E-state index contributed by atoms with van der Waals surface area (Å²) in [5.74, 6) is -0.176. The Labute approximate surface area is 190 Å². The second-order valence-electron chi connectivity index (χ2n) is 8.66. The van der Waals surface area contributed by atoms with Crippen LogP contribution in [0.1, 0.15) is 47.1 Å². The molecule has 0 bridgehead atoms. The van der Waals surface area contributed by atoms with E-state index in [0.717, 1.165) is 22.9 Å². The molecular formula is C27H23F3N2O. The van der Waals surface area contributed by atoms with Crippen molar-refractivity contribution in [2.75, 3.05) is 10.6 Å². The van der Waals surface area contributed by atoms with E-state index in [1.807, 2.05) is 55.5 Å². The van der Waals surface area contributed by atoms with E-state index in [1.165, 1.54) is 12.1 Å². The maximum absolute atomic E-state index is 13.9. The van der Waals surface area contributed by atoms with Gasteiger partial charge in [0, 0.05) is 17.7 Å². The first-order valence-electron chi connectivity index (χ1n) is 10.9. The second kappa shape index (κ2) is 8.10. The van der Waals surface area contributed by atoms with Crippen molar-refractivity contribution >= 4 is 17.2 Å². The number of rotatable bonds is 2. The van der Waals surface area contributed by atoms with Crippen LogP contribution in [0.15, 0.2) is 84.1 Å². The number of halogens is 3. The molecule has 0 aromatic heterocycles. The van der Waals surface area contributed by atoms with Gasteiger partial charge in [-0.15, -0.1) is 0 Å². The number of hydrogen-bond acceptors (Lipinski definition) is 3. The third kappa shape index (κ3) is 4.01. The van der Waals surface area contributed by atoms with Gasteiger partial charge in [0.1, 0.15) is 0 Å². The van der Waals surface area contributed by atoms with E-state index < -0.39 is 17.8 Å². The molecule has 0 saturated carbocycles. The molecule has 3 aromatic rings. The van der Waals surface area contributed by atoms with Crippen LogP contribution < -0.4 is 10.6 Å². The van der Waals surface area contributed by atoms with E-state index in [0.29, 0.717) is 23.4 Å². The molecule has 0 amide bonds. The van der Waals surface area contributed by atoms with Crippen molar-refractivity contribution < 1.29 is 18.0 Å². The first-order chi connectivity index (χ1) is 15.8. The topological polar surface area (TPSA) is 41.1 Å². The SMILES string of the molecule is Cc1ccc([C@@H]2CC(=O)C3=C(C2)Nc2ccccc2N[C@H]3c2ccccc2C(F)(F)F)cc1. The lowest BCUT2D eigenvalue weighted by Gasteiger charge is -2.31. The van der Waals surface area contributed by atoms with E-state index >= 15 is 0 Å². The van der Waals surface area contributed by atoms with Crippen molar-refractivity contribution in [1.82, 2.24) is 0 Å². The number of nitrogens with one attached hydrogen (secondary N) is 2. The number of carbonyl (C=O) groups is 1. The Balaban J connectivity index is 1.65. The maximum atomic E-state index is 13.9. The Morgan fingerprint density at radius 1 is 0.848 bits per heavy atom. The lowest BCUT2D eigenvalue weighted by atomic mass is 9.78. The van der Waals surface area contributed by atoms with E-state index in [-0.39, 0.29) is 23.7 Å². The molecule has 3 nitrogen and oxygen atoms in total. The summed E-state index contributed by atoms with van der Waals surface area (Å²) in [5.41, 5.74) is 3.97. The first-order valence-corrected chi connectivity index (χ1v) is 10.9. The maximum Gasteiger partial charge on any atom is 0.416 e. The van der Waals surface area contributed by atoms with Gasteiger partial charge in [0.2, 0.25) is 0 Å². The van der Waals surface area contributed by atoms with Crippen LogP contribution >= 0.6 is 0 Å². The zero-order chi connectivity index (χ0) is 23.2. The highest BCUT2D eigenvalue weighted by Crippen LogP contribution is 2.46. The zero-order valence-electron chi connectivity index (χ0n) is 18.0. The fourth-order valence-electron chi connectivity index (χ4n) is 4.81. The highest BCUT2D eigenvalue weighted by molar-refractivity contribution is 6.01. The number of aryl methyl sites for hydroxylation is 1. The van der Waals surface area contributed by atoms with E-state index in [9.17, 15) is 18.0 Å². The van der Waals surface area contributed by atoms with Gasteiger partial charge in [0.25, 0.3) is 0 Å². The van der Waals surface area contributed by atoms with E-state index in [4.69, 9.17) is 0 Å². The van der Waals surface area contributed by atoms with Crippen LogP contribution in [-0.2, 0) is 11.0 Å². The van der Waals surface area contributed by atoms with Crippen molar-refractivity contribution in [3.8, 4) is 0 Å². The molecule has 5 rings (SSSR count). The van der Waals surface area contributed by atoms with Crippen LogP contribution in [0.4, 0.5) is 24.5 Å². The third-order valence-corrected chi connectivity index (χ3v) is 6.43. The number of alkyl halides is 3. The van der Waals surface area contributed by atoms with Gasteiger partial charge in [0.05, 0.1) is 23.0 Å². The number of ketones is 1. The standard InChI is InChI=1S/C27H23F3N2O/c1-16-10-12-17(13-11-16)18-14-23-25(24(33)15-18)26(32-22-9-5-4-8-21(22)31-23)19-6-2-3-7-20(19)27(28,29)30/h2-13,18,26,31-32H,14-15H2,1H3/t18-,26-/m0/s1. The normalized spacial score (nSPS) is 20.3. The molecule has 3 aromatic carbocycles. The second-order valence-corrected chi connectivity index (χ2v) is 8.66. The van der Waals surface area contributed by atoms with Crippen LogP contribution in [0.2, 0.25) is 0 Å². The molecule has 33 heavy (non-hydrogen) atoms. The molecule has 6 heteroatoms. The number of allylic oxidation sites excluding steroid dienone is 1. The van der Waals surface area contributed by atoms with E-state index in [2.05, 4.69) is 10.6 Å². The Morgan fingerprint density at radius 3 is 2.24 bits per heavy atom. The van der Waals surface area contributed by atoms with Crippen molar-refractivity contribution in [3.05, 3.63) is 106 Å². The molecule has 0 unspecified atom stereocenters. The summed E-state index contributed by atoms with van der Waals surface area (Å²) in [7, 11) is 0. The minimum atomic E-state index is -4.53. The summed E-state index contributed by atoms with van der Waals surface area (Å²) in [6, 6.07) is 20.0. The Hall–Kier alpha value is -3.54. The number of anilines is 2. The molecule has 2 aliphatic rings. The van der Waals surface area contributed by atoms with Gasteiger partial charge in [-0.1, -0.05) is 60.2 Å². The van der Waals surface area contributed by atoms with Crippen LogP contribution in [0, 0.1) is 6.92 Å². The summed E-state index contributed by atoms with van der Waals surface area (Å²) in [4.78, 5) is 13.5. The molecule has 2 atom stereocenters. The third-order valence-electron chi connectivity index (χ3n) is 6.43. The summed E-state index contributed by atoms with van der Waals surface area (Å²) in [6.07, 6.45) is -3.72. The van der Waals surface area contributed by atoms with Gasteiger partial charge in [0.15, 0.2) is 5.78 Å². The number of Topliss-reactive ketones (excluding diaryl/α,β-unsaturated/α-hetero) is 1. The molecule has 1 aliphatic carbocycles. The smallest absolute Gasteiger partial charge is 0.372 e. The Morgan fingerprint density at radius 2 is 1.52 bits per heavy atom. The van der Waals surface area contributed by atoms with Gasteiger partial charge < -0.3 is 10.6 Å². The van der Waals surface area contributed by atoms with Gasteiger partial charge in [-0.25, -0.2) is 0 Å². The molecule has 0 saturated heterocycles. The molecular weight excluding hydrogens is 425 g/mol. The number of hydrogen-bond donors (Lipinski definition) is 2. The highest BCUT2D eigenvalue weighted by Gasteiger charge is 2.40. The predicted molar refractivity (Wildman–Crippen MR) is 123 cm³/mol. The number of benzene rings is 3. The summed E-state index contributed by atoms with van der Waals surface area (Å²) in [5, 5.41) is 6.61. The lowest BCUT2D eigenvalue weighted by molar-refractivity contribution is -0.138. The quantitative estimate of drug-likeness (QED) is 0.444. The van der Waals surface area contributed by atoms with Crippen LogP contribution in [0.5, 0.6) is 0 Å². The van der Waals surface area contributed by atoms with Crippen molar-refractivity contribution in [2.24, 2.45) is 0 Å². The monoisotopic (exact) mass is 448 g/mol. The number of fused-ring (bicyclic) bond motifs is 1. The van der Waals surface area contributed by atoms with Gasteiger partial charge in [-0.05, 0) is 48.6 Å². The minimum Gasteiger partial charge on any atom is -0.372 e.